The largest absolute Gasteiger partial charge is 0.496 e. The highest BCUT2D eigenvalue weighted by atomic mass is 16.5. The Bertz CT molecular complexity index is 744. The lowest BCUT2D eigenvalue weighted by Crippen LogP contribution is -2.36. The SMILES string of the molecule is COC(=O)[C@H]1CCC[C@@H]1NCc1nc(-c2ccc(C)c(OC)c2)no1. The molecular formula is C18H23N3O4. The van der Waals surface area contributed by atoms with E-state index in [-0.39, 0.29) is 17.9 Å². The molecule has 1 aromatic carbocycles. The highest BCUT2D eigenvalue weighted by Gasteiger charge is 2.33. The number of esters is 1. The molecule has 1 heterocycles. The molecule has 2 aromatic rings. The first kappa shape index (κ1) is 17.4. The van der Waals surface area contributed by atoms with E-state index in [0.29, 0.717) is 18.3 Å². The molecule has 1 saturated carbocycles. The van der Waals surface area contributed by atoms with Crippen molar-refractivity contribution in [1.82, 2.24) is 15.5 Å². The van der Waals surface area contributed by atoms with Crippen LogP contribution in [0.25, 0.3) is 11.4 Å². The Morgan fingerprint density at radius 3 is 2.96 bits per heavy atom. The molecule has 1 aliphatic rings. The van der Waals surface area contributed by atoms with Crippen molar-refractivity contribution in [3.63, 3.8) is 0 Å². The number of nitrogens with zero attached hydrogens (tertiary/aromatic N) is 2. The van der Waals surface area contributed by atoms with Crippen LogP contribution in [0.5, 0.6) is 5.75 Å². The van der Waals surface area contributed by atoms with Gasteiger partial charge in [0, 0.05) is 11.6 Å². The minimum atomic E-state index is -0.159. The predicted octanol–water partition coefficient (Wildman–Crippen LogP) is 2.48. The van der Waals surface area contributed by atoms with Crippen LogP contribution in [-0.2, 0) is 16.1 Å². The smallest absolute Gasteiger partial charge is 0.310 e. The van der Waals surface area contributed by atoms with Gasteiger partial charge in [0.25, 0.3) is 0 Å². The van der Waals surface area contributed by atoms with Crippen LogP contribution in [0.15, 0.2) is 22.7 Å². The third kappa shape index (κ3) is 3.82. The molecular weight excluding hydrogens is 322 g/mol. The number of ether oxygens (including phenoxy) is 2. The van der Waals surface area contributed by atoms with Gasteiger partial charge in [-0.2, -0.15) is 4.98 Å². The molecule has 3 rings (SSSR count). The summed E-state index contributed by atoms with van der Waals surface area (Å²) in [5.41, 5.74) is 1.89. The van der Waals surface area contributed by atoms with Gasteiger partial charge in [0.15, 0.2) is 0 Å². The van der Waals surface area contributed by atoms with Crippen molar-refractivity contribution >= 4 is 5.97 Å². The Morgan fingerprint density at radius 2 is 2.20 bits per heavy atom. The van der Waals surface area contributed by atoms with E-state index in [1.807, 2.05) is 25.1 Å². The van der Waals surface area contributed by atoms with E-state index in [4.69, 9.17) is 14.0 Å². The van der Waals surface area contributed by atoms with Gasteiger partial charge in [-0.25, -0.2) is 0 Å². The summed E-state index contributed by atoms with van der Waals surface area (Å²) in [6.07, 6.45) is 2.80. The first-order valence-corrected chi connectivity index (χ1v) is 8.41. The van der Waals surface area contributed by atoms with Crippen molar-refractivity contribution in [2.75, 3.05) is 14.2 Å². The Labute approximate surface area is 146 Å². The van der Waals surface area contributed by atoms with Crippen LogP contribution >= 0.6 is 0 Å². The maximum absolute atomic E-state index is 11.8. The minimum absolute atomic E-state index is 0.0854. The molecule has 0 aliphatic heterocycles. The molecule has 0 amide bonds. The number of aromatic nitrogens is 2. The second-order valence-corrected chi connectivity index (χ2v) is 6.24. The van der Waals surface area contributed by atoms with Crippen LogP contribution in [0, 0.1) is 12.8 Å². The number of nitrogens with one attached hydrogen (secondary N) is 1. The lowest BCUT2D eigenvalue weighted by molar-refractivity contribution is -0.145. The van der Waals surface area contributed by atoms with Crippen LogP contribution in [0.4, 0.5) is 0 Å². The Balaban J connectivity index is 1.65. The second kappa shape index (κ2) is 7.65. The van der Waals surface area contributed by atoms with Crippen molar-refractivity contribution in [3.8, 4) is 17.1 Å². The summed E-state index contributed by atoms with van der Waals surface area (Å²) in [6.45, 7) is 2.40. The minimum Gasteiger partial charge on any atom is -0.496 e. The van der Waals surface area contributed by atoms with E-state index in [0.717, 1.165) is 36.1 Å². The summed E-state index contributed by atoms with van der Waals surface area (Å²) < 4.78 is 15.5. The quantitative estimate of drug-likeness (QED) is 0.805. The molecule has 134 valence electrons. The summed E-state index contributed by atoms with van der Waals surface area (Å²) in [5.74, 6) is 1.53. The van der Waals surface area contributed by atoms with Crippen LogP contribution in [0.2, 0.25) is 0 Å². The highest BCUT2D eigenvalue weighted by Crippen LogP contribution is 2.27. The number of benzene rings is 1. The zero-order valence-electron chi connectivity index (χ0n) is 14.7. The first-order valence-electron chi connectivity index (χ1n) is 8.41. The standard InChI is InChI=1S/C18H23N3O4/c1-11-7-8-12(9-15(11)23-2)17-20-16(25-21-17)10-19-14-6-4-5-13(14)18(22)24-3/h7-9,13-14,19H,4-6,10H2,1-3H3/t13-,14-/m0/s1. The molecule has 0 bridgehead atoms. The third-order valence-corrected chi connectivity index (χ3v) is 4.67. The Hall–Kier alpha value is -2.41. The molecule has 1 aromatic heterocycles. The van der Waals surface area contributed by atoms with Crippen molar-refractivity contribution in [2.45, 2.75) is 38.8 Å². The second-order valence-electron chi connectivity index (χ2n) is 6.24. The van der Waals surface area contributed by atoms with E-state index in [9.17, 15) is 4.79 Å². The van der Waals surface area contributed by atoms with Gasteiger partial charge < -0.3 is 19.3 Å². The Morgan fingerprint density at radius 1 is 1.36 bits per heavy atom. The number of rotatable bonds is 6. The van der Waals surface area contributed by atoms with E-state index in [2.05, 4.69) is 15.5 Å². The van der Waals surface area contributed by atoms with Gasteiger partial charge in [-0.05, 0) is 31.4 Å². The number of aryl methyl sites for hydroxylation is 1. The Kier molecular flexibility index (Phi) is 5.33. The van der Waals surface area contributed by atoms with Gasteiger partial charge in [0.05, 0.1) is 26.7 Å². The van der Waals surface area contributed by atoms with Crippen molar-refractivity contribution < 1.29 is 18.8 Å². The van der Waals surface area contributed by atoms with Gasteiger partial charge in [-0.3, -0.25) is 4.79 Å². The van der Waals surface area contributed by atoms with Crippen molar-refractivity contribution in [2.24, 2.45) is 5.92 Å². The van der Waals surface area contributed by atoms with Gasteiger partial charge in [0.2, 0.25) is 11.7 Å². The van der Waals surface area contributed by atoms with E-state index in [1.54, 1.807) is 7.11 Å². The van der Waals surface area contributed by atoms with E-state index >= 15 is 0 Å². The monoisotopic (exact) mass is 345 g/mol. The normalized spacial score (nSPS) is 19.8. The summed E-state index contributed by atoms with van der Waals surface area (Å²) in [7, 11) is 3.06. The molecule has 0 unspecified atom stereocenters. The van der Waals surface area contributed by atoms with Crippen LogP contribution in [0.1, 0.15) is 30.7 Å². The molecule has 7 nitrogen and oxygen atoms in total. The fraction of sp³-hybridized carbons (Fsp3) is 0.500. The molecule has 0 spiro atoms. The summed E-state index contributed by atoms with van der Waals surface area (Å²) in [4.78, 5) is 16.2. The fourth-order valence-electron chi connectivity index (χ4n) is 3.26. The van der Waals surface area contributed by atoms with Gasteiger partial charge in [-0.15, -0.1) is 0 Å². The maximum Gasteiger partial charge on any atom is 0.310 e. The zero-order chi connectivity index (χ0) is 17.8. The zero-order valence-corrected chi connectivity index (χ0v) is 14.7. The average molecular weight is 345 g/mol. The van der Waals surface area contributed by atoms with E-state index in [1.165, 1.54) is 7.11 Å². The van der Waals surface area contributed by atoms with Crippen LogP contribution in [0.3, 0.4) is 0 Å². The lowest BCUT2D eigenvalue weighted by atomic mass is 10.0. The molecule has 2 atom stereocenters. The number of hydrogen-bond donors (Lipinski definition) is 1. The molecule has 1 N–H and O–H groups in total. The van der Waals surface area contributed by atoms with Gasteiger partial charge >= 0.3 is 5.97 Å². The first-order chi connectivity index (χ1) is 12.1. The van der Waals surface area contributed by atoms with E-state index < -0.39 is 0 Å². The van der Waals surface area contributed by atoms with Gasteiger partial charge in [-0.1, -0.05) is 23.7 Å². The van der Waals surface area contributed by atoms with Crippen molar-refractivity contribution in [3.05, 3.63) is 29.7 Å². The summed E-state index contributed by atoms with van der Waals surface area (Å²) >= 11 is 0. The number of methoxy groups -OCH3 is 2. The summed E-state index contributed by atoms with van der Waals surface area (Å²) in [6, 6.07) is 5.87. The third-order valence-electron chi connectivity index (χ3n) is 4.67. The fourth-order valence-corrected chi connectivity index (χ4v) is 3.26. The van der Waals surface area contributed by atoms with Gasteiger partial charge in [0.1, 0.15) is 5.75 Å². The molecule has 1 aliphatic carbocycles. The molecule has 25 heavy (non-hydrogen) atoms. The van der Waals surface area contributed by atoms with Crippen molar-refractivity contribution in [1.29, 1.82) is 0 Å². The molecule has 1 fully saturated rings. The number of carbonyl (C=O) groups excluding carboxylic acids is 1. The number of carbonyl (C=O) groups is 1. The number of hydrogen-bond acceptors (Lipinski definition) is 7. The maximum atomic E-state index is 11.8. The predicted molar refractivity (Wildman–Crippen MR) is 91.0 cm³/mol. The lowest BCUT2D eigenvalue weighted by Gasteiger charge is -2.17. The average Bonchev–Trinajstić information content (AvgIpc) is 3.29. The molecule has 7 heteroatoms. The highest BCUT2D eigenvalue weighted by molar-refractivity contribution is 5.73. The molecule has 0 saturated heterocycles. The van der Waals surface area contributed by atoms with Crippen LogP contribution < -0.4 is 10.1 Å². The topological polar surface area (TPSA) is 86.5 Å². The van der Waals surface area contributed by atoms with Crippen LogP contribution in [-0.4, -0.2) is 36.4 Å². The summed E-state index contributed by atoms with van der Waals surface area (Å²) in [5, 5.41) is 7.37. The molecule has 0 radical (unpaired) electrons.